The third-order valence-electron chi connectivity index (χ3n) is 2.69. The van der Waals surface area contributed by atoms with Gasteiger partial charge in [0.2, 0.25) is 0 Å². The Morgan fingerprint density at radius 1 is 1.44 bits per heavy atom. The van der Waals surface area contributed by atoms with Crippen LogP contribution in [0.25, 0.3) is 0 Å². The molecule has 1 aromatic carbocycles. The van der Waals surface area contributed by atoms with Crippen molar-refractivity contribution in [3.8, 4) is 0 Å². The van der Waals surface area contributed by atoms with Crippen LogP contribution in [0.1, 0.15) is 32.3 Å². The van der Waals surface area contributed by atoms with E-state index in [1.165, 1.54) is 6.07 Å². The van der Waals surface area contributed by atoms with Crippen molar-refractivity contribution < 1.29 is 4.92 Å². The van der Waals surface area contributed by atoms with Crippen LogP contribution in [0.4, 0.5) is 5.69 Å². The highest BCUT2D eigenvalue weighted by Gasteiger charge is 2.13. The van der Waals surface area contributed by atoms with Crippen molar-refractivity contribution >= 4 is 17.3 Å². The third-order valence-corrected chi connectivity index (χ3v) is 2.92. The molecular formula is C13H19ClN2O2. The zero-order valence-corrected chi connectivity index (χ0v) is 11.5. The van der Waals surface area contributed by atoms with E-state index in [0.717, 1.165) is 19.4 Å². The van der Waals surface area contributed by atoms with Crippen molar-refractivity contribution in [2.24, 2.45) is 5.92 Å². The molecule has 1 aromatic rings. The molecule has 100 valence electrons. The maximum absolute atomic E-state index is 10.8. The van der Waals surface area contributed by atoms with Crippen LogP contribution in [0.15, 0.2) is 18.2 Å². The summed E-state index contributed by atoms with van der Waals surface area (Å²) in [5, 5.41) is 14.6. The van der Waals surface area contributed by atoms with E-state index in [-0.39, 0.29) is 10.6 Å². The van der Waals surface area contributed by atoms with E-state index in [4.69, 9.17) is 11.6 Å². The van der Waals surface area contributed by atoms with E-state index in [1.807, 2.05) is 0 Å². The molecule has 0 fully saturated rings. The molecule has 18 heavy (non-hydrogen) atoms. The molecule has 1 N–H and O–H groups in total. The highest BCUT2D eigenvalue weighted by Crippen LogP contribution is 2.22. The topological polar surface area (TPSA) is 55.2 Å². The summed E-state index contributed by atoms with van der Waals surface area (Å²) in [5.74, 6) is 0.687. The molecule has 0 heterocycles. The second kappa shape index (κ2) is 7.34. The summed E-state index contributed by atoms with van der Waals surface area (Å²) in [6, 6.07) is 4.64. The molecule has 0 radical (unpaired) electrons. The number of hydrogen-bond donors (Lipinski definition) is 1. The summed E-state index contributed by atoms with van der Waals surface area (Å²) in [5.41, 5.74) is 0.757. The summed E-state index contributed by atoms with van der Waals surface area (Å²) in [6.45, 7) is 5.71. The maximum atomic E-state index is 10.8. The van der Waals surface area contributed by atoms with Crippen molar-refractivity contribution in [1.82, 2.24) is 5.32 Å². The van der Waals surface area contributed by atoms with Crippen molar-refractivity contribution in [3.63, 3.8) is 0 Å². The van der Waals surface area contributed by atoms with Gasteiger partial charge in [0.15, 0.2) is 0 Å². The number of benzene rings is 1. The normalized spacial score (nSPS) is 10.9. The zero-order valence-electron chi connectivity index (χ0n) is 10.8. The van der Waals surface area contributed by atoms with Gasteiger partial charge in [-0.25, -0.2) is 0 Å². The zero-order chi connectivity index (χ0) is 13.5. The van der Waals surface area contributed by atoms with Gasteiger partial charge in [-0.2, -0.15) is 0 Å². The Hall–Kier alpha value is -1.13. The average Bonchev–Trinajstić information content (AvgIpc) is 2.27. The first-order chi connectivity index (χ1) is 8.50. The van der Waals surface area contributed by atoms with E-state index in [9.17, 15) is 10.1 Å². The van der Waals surface area contributed by atoms with E-state index in [0.29, 0.717) is 23.0 Å². The van der Waals surface area contributed by atoms with Crippen LogP contribution >= 0.6 is 11.6 Å². The largest absolute Gasteiger partial charge is 0.312 e. The highest BCUT2D eigenvalue weighted by atomic mass is 35.5. The summed E-state index contributed by atoms with van der Waals surface area (Å²) < 4.78 is 0. The average molecular weight is 271 g/mol. The Kier molecular flexibility index (Phi) is 6.09. The minimum atomic E-state index is -0.374. The molecule has 0 bridgehead atoms. The molecule has 0 saturated carbocycles. The first-order valence-electron chi connectivity index (χ1n) is 6.14. The number of nitro groups is 1. The fourth-order valence-electron chi connectivity index (χ4n) is 1.73. The van der Waals surface area contributed by atoms with Gasteiger partial charge >= 0.3 is 0 Å². The molecule has 0 atom stereocenters. The van der Waals surface area contributed by atoms with Gasteiger partial charge in [-0.15, -0.1) is 0 Å². The molecule has 0 spiro atoms. The molecule has 0 aliphatic heterocycles. The summed E-state index contributed by atoms with van der Waals surface area (Å²) in [4.78, 5) is 10.5. The van der Waals surface area contributed by atoms with Crippen molar-refractivity contribution in [1.29, 1.82) is 0 Å². The van der Waals surface area contributed by atoms with Gasteiger partial charge in [-0.3, -0.25) is 10.1 Å². The van der Waals surface area contributed by atoms with Gasteiger partial charge < -0.3 is 5.32 Å². The molecule has 0 aliphatic carbocycles. The van der Waals surface area contributed by atoms with Crippen LogP contribution < -0.4 is 5.32 Å². The number of nitrogens with zero attached hydrogens (tertiary/aromatic N) is 1. The molecule has 0 amide bonds. The Bertz CT molecular complexity index is 408. The van der Waals surface area contributed by atoms with Crippen molar-refractivity contribution in [2.75, 3.05) is 6.54 Å². The Morgan fingerprint density at radius 2 is 2.17 bits per heavy atom. The monoisotopic (exact) mass is 270 g/mol. The molecule has 1 rings (SSSR count). The smallest absolute Gasteiger partial charge is 0.273 e. The van der Waals surface area contributed by atoms with Crippen LogP contribution in [0.3, 0.4) is 0 Å². The summed E-state index contributed by atoms with van der Waals surface area (Å²) in [6.07, 6.45) is 2.23. The van der Waals surface area contributed by atoms with Gasteiger partial charge in [0, 0.05) is 23.2 Å². The first-order valence-corrected chi connectivity index (χ1v) is 6.52. The van der Waals surface area contributed by atoms with Crippen molar-refractivity contribution in [3.05, 3.63) is 38.9 Å². The van der Waals surface area contributed by atoms with Gasteiger partial charge in [0.05, 0.1) is 4.92 Å². The van der Waals surface area contributed by atoms with Crippen LogP contribution in [-0.2, 0) is 6.54 Å². The molecule has 0 saturated heterocycles. The first kappa shape index (κ1) is 14.9. The second-order valence-corrected chi connectivity index (χ2v) is 5.18. The molecule has 0 unspecified atom stereocenters. The van der Waals surface area contributed by atoms with Gasteiger partial charge in [0.25, 0.3) is 5.69 Å². The molecule has 0 aromatic heterocycles. The SMILES string of the molecule is CC(C)CCCNCc1cc(Cl)ccc1[N+](=O)[O-]. The lowest BCUT2D eigenvalue weighted by Crippen LogP contribution is -2.16. The fourth-order valence-corrected chi connectivity index (χ4v) is 1.93. The van der Waals surface area contributed by atoms with E-state index < -0.39 is 0 Å². The minimum Gasteiger partial charge on any atom is -0.312 e. The van der Waals surface area contributed by atoms with E-state index in [2.05, 4.69) is 19.2 Å². The molecule has 0 aliphatic rings. The number of rotatable bonds is 7. The predicted molar refractivity (Wildman–Crippen MR) is 73.9 cm³/mol. The van der Waals surface area contributed by atoms with E-state index >= 15 is 0 Å². The Morgan fingerprint density at radius 3 is 2.78 bits per heavy atom. The van der Waals surface area contributed by atoms with Gasteiger partial charge in [0.1, 0.15) is 0 Å². The third kappa shape index (κ3) is 5.02. The molecule has 4 nitrogen and oxygen atoms in total. The van der Waals surface area contributed by atoms with Crippen LogP contribution in [0.2, 0.25) is 5.02 Å². The molecular weight excluding hydrogens is 252 g/mol. The highest BCUT2D eigenvalue weighted by molar-refractivity contribution is 6.30. The predicted octanol–water partition coefficient (Wildman–Crippen LogP) is 3.77. The van der Waals surface area contributed by atoms with Crippen molar-refractivity contribution in [2.45, 2.75) is 33.2 Å². The summed E-state index contributed by atoms with van der Waals surface area (Å²) in [7, 11) is 0. The second-order valence-electron chi connectivity index (χ2n) is 4.74. The number of nitro benzene ring substituents is 1. The lowest BCUT2D eigenvalue weighted by atomic mass is 10.1. The minimum absolute atomic E-state index is 0.121. The maximum Gasteiger partial charge on any atom is 0.273 e. The standard InChI is InChI=1S/C13H19ClN2O2/c1-10(2)4-3-7-15-9-11-8-12(14)5-6-13(11)16(17)18/h5-6,8,10,15H,3-4,7,9H2,1-2H3. The molecule has 5 heteroatoms. The van der Waals surface area contributed by atoms with E-state index in [1.54, 1.807) is 12.1 Å². The Labute approximate surface area is 112 Å². The quantitative estimate of drug-likeness (QED) is 0.466. The number of halogens is 1. The van der Waals surface area contributed by atoms with Crippen LogP contribution in [0.5, 0.6) is 0 Å². The van der Waals surface area contributed by atoms with Gasteiger partial charge in [-0.05, 0) is 37.4 Å². The number of nitrogens with one attached hydrogen (secondary N) is 1. The number of hydrogen-bond acceptors (Lipinski definition) is 3. The lowest BCUT2D eigenvalue weighted by Gasteiger charge is -2.07. The fraction of sp³-hybridized carbons (Fsp3) is 0.538. The van der Waals surface area contributed by atoms with Crippen LogP contribution in [-0.4, -0.2) is 11.5 Å². The van der Waals surface area contributed by atoms with Crippen LogP contribution in [0, 0.1) is 16.0 Å². The van der Waals surface area contributed by atoms with Gasteiger partial charge in [-0.1, -0.05) is 25.4 Å². The summed E-state index contributed by atoms with van der Waals surface area (Å²) >= 11 is 5.85. The lowest BCUT2D eigenvalue weighted by molar-refractivity contribution is -0.385. The Balaban J connectivity index is 2.50.